The largest absolute Gasteiger partial charge is 0.383 e. The number of methoxy groups -OCH3 is 1. The van der Waals surface area contributed by atoms with Crippen LogP contribution in [0, 0.1) is 6.92 Å². The second-order valence-corrected chi connectivity index (χ2v) is 6.30. The third-order valence-electron chi connectivity index (χ3n) is 2.66. The van der Waals surface area contributed by atoms with Crippen LogP contribution in [0.3, 0.4) is 0 Å². The molecule has 1 unspecified atom stereocenters. The molecule has 0 radical (unpaired) electrons. The van der Waals surface area contributed by atoms with Crippen molar-refractivity contribution in [2.24, 2.45) is 0 Å². The van der Waals surface area contributed by atoms with Crippen molar-refractivity contribution in [3.05, 3.63) is 33.8 Å². The molecule has 0 spiro atoms. The molecule has 1 aromatic carbocycles. The number of alkyl halides is 1. The number of amides is 1. The van der Waals surface area contributed by atoms with E-state index in [0.29, 0.717) is 13.2 Å². The SMILES string of the molecule is COCC(Br)CN(C)C(=O)c1cccc(Br)c1C. The van der Waals surface area contributed by atoms with E-state index in [1.54, 1.807) is 19.1 Å². The van der Waals surface area contributed by atoms with Gasteiger partial charge in [-0.1, -0.05) is 37.9 Å². The molecule has 5 heteroatoms. The molecular weight excluding hydrogens is 362 g/mol. The highest BCUT2D eigenvalue weighted by Crippen LogP contribution is 2.20. The van der Waals surface area contributed by atoms with E-state index >= 15 is 0 Å². The van der Waals surface area contributed by atoms with Crippen LogP contribution in [0.1, 0.15) is 15.9 Å². The fourth-order valence-electron chi connectivity index (χ4n) is 1.66. The van der Waals surface area contributed by atoms with Crippen LogP contribution in [0.4, 0.5) is 0 Å². The minimum absolute atomic E-state index is 0.0225. The van der Waals surface area contributed by atoms with E-state index in [0.717, 1.165) is 15.6 Å². The number of ether oxygens (including phenoxy) is 1. The summed E-state index contributed by atoms with van der Waals surface area (Å²) in [5.74, 6) is 0.0225. The van der Waals surface area contributed by atoms with E-state index < -0.39 is 0 Å². The number of halogens is 2. The maximum atomic E-state index is 12.3. The molecule has 0 saturated carbocycles. The molecule has 0 aliphatic rings. The summed E-state index contributed by atoms with van der Waals surface area (Å²) >= 11 is 6.92. The Morgan fingerprint density at radius 1 is 1.50 bits per heavy atom. The van der Waals surface area contributed by atoms with E-state index in [4.69, 9.17) is 4.74 Å². The van der Waals surface area contributed by atoms with Gasteiger partial charge in [-0.15, -0.1) is 0 Å². The molecule has 0 aliphatic heterocycles. The van der Waals surface area contributed by atoms with Crippen LogP contribution in [0.2, 0.25) is 0 Å². The van der Waals surface area contributed by atoms with Crippen molar-refractivity contribution in [1.29, 1.82) is 0 Å². The fourth-order valence-corrected chi connectivity index (χ4v) is 2.72. The van der Waals surface area contributed by atoms with Gasteiger partial charge in [0.2, 0.25) is 0 Å². The van der Waals surface area contributed by atoms with Gasteiger partial charge in [0.1, 0.15) is 0 Å². The third-order valence-corrected chi connectivity index (χ3v) is 4.08. The number of hydrogen-bond donors (Lipinski definition) is 0. The number of benzene rings is 1. The van der Waals surface area contributed by atoms with Crippen molar-refractivity contribution < 1.29 is 9.53 Å². The molecule has 18 heavy (non-hydrogen) atoms. The molecule has 1 atom stereocenters. The first-order valence-corrected chi connectivity index (χ1v) is 7.31. The molecule has 3 nitrogen and oxygen atoms in total. The van der Waals surface area contributed by atoms with Gasteiger partial charge in [0.15, 0.2) is 0 Å². The lowest BCUT2D eigenvalue weighted by atomic mass is 10.1. The Morgan fingerprint density at radius 2 is 2.17 bits per heavy atom. The summed E-state index contributed by atoms with van der Waals surface area (Å²) in [6.07, 6.45) is 0. The summed E-state index contributed by atoms with van der Waals surface area (Å²) in [4.78, 5) is 14.1. The normalized spacial score (nSPS) is 12.3. The zero-order chi connectivity index (χ0) is 13.7. The fraction of sp³-hybridized carbons (Fsp3) is 0.462. The molecule has 0 N–H and O–H groups in total. The summed E-state index contributed by atoms with van der Waals surface area (Å²) in [7, 11) is 3.45. The van der Waals surface area contributed by atoms with E-state index in [-0.39, 0.29) is 10.7 Å². The molecule has 0 aromatic heterocycles. The predicted molar refractivity (Wildman–Crippen MR) is 80.4 cm³/mol. The van der Waals surface area contributed by atoms with Gasteiger partial charge in [-0.3, -0.25) is 4.79 Å². The number of carbonyl (C=O) groups excluding carboxylic acids is 1. The van der Waals surface area contributed by atoms with Crippen LogP contribution in [0.25, 0.3) is 0 Å². The topological polar surface area (TPSA) is 29.5 Å². The van der Waals surface area contributed by atoms with Gasteiger partial charge in [0, 0.05) is 30.7 Å². The second-order valence-electron chi connectivity index (χ2n) is 4.15. The van der Waals surface area contributed by atoms with Crippen LogP contribution >= 0.6 is 31.9 Å². The lowest BCUT2D eigenvalue weighted by molar-refractivity contribution is 0.0783. The molecule has 1 amide bonds. The number of rotatable bonds is 5. The highest BCUT2D eigenvalue weighted by atomic mass is 79.9. The van der Waals surface area contributed by atoms with Gasteiger partial charge in [-0.2, -0.15) is 0 Å². The van der Waals surface area contributed by atoms with Gasteiger partial charge in [0.25, 0.3) is 5.91 Å². The number of hydrogen-bond acceptors (Lipinski definition) is 2. The molecule has 0 saturated heterocycles. The van der Waals surface area contributed by atoms with Crippen molar-refractivity contribution in [3.8, 4) is 0 Å². The first-order chi connectivity index (χ1) is 8.47. The lowest BCUT2D eigenvalue weighted by Crippen LogP contribution is -2.34. The van der Waals surface area contributed by atoms with Crippen LogP contribution in [0.5, 0.6) is 0 Å². The highest BCUT2D eigenvalue weighted by molar-refractivity contribution is 9.10. The molecule has 0 heterocycles. The molecular formula is C13H17Br2NO2. The van der Waals surface area contributed by atoms with Gasteiger partial charge in [-0.25, -0.2) is 0 Å². The van der Waals surface area contributed by atoms with Gasteiger partial charge >= 0.3 is 0 Å². The van der Waals surface area contributed by atoms with Crippen LogP contribution in [-0.2, 0) is 4.74 Å². The van der Waals surface area contributed by atoms with Gasteiger partial charge in [0.05, 0.1) is 11.4 Å². The van der Waals surface area contributed by atoms with E-state index in [1.807, 2.05) is 25.1 Å². The smallest absolute Gasteiger partial charge is 0.253 e. The van der Waals surface area contributed by atoms with Crippen molar-refractivity contribution >= 4 is 37.8 Å². The average molecular weight is 379 g/mol. The molecule has 1 aromatic rings. The quantitative estimate of drug-likeness (QED) is 0.736. The van der Waals surface area contributed by atoms with Crippen molar-refractivity contribution in [2.75, 3.05) is 27.3 Å². The highest BCUT2D eigenvalue weighted by Gasteiger charge is 2.17. The monoisotopic (exact) mass is 377 g/mol. The molecule has 0 bridgehead atoms. The maximum absolute atomic E-state index is 12.3. The van der Waals surface area contributed by atoms with Gasteiger partial charge < -0.3 is 9.64 Å². The first-order valence-electron chi connectivity index (χ1n) is 5.61. The van der Waals surface area contributed by atoms with E-state index in [9.17, 15) is 4.79 Å². The Morgan fingerprint density at radius 3 is 2.78 bits per heavy atom. The number of nitrogens with zero attached hydrogens (tertiary/aromatic N) is 1. The molecule has 0 fully saturated rings. The maximum Gasteiger partial charge on any atom is 0.253 e. The second kappa shape index (κ2) is 7.26. The minimum Gasteiger partial charge on any atom is -0.383 e. The Hall–Kier alpha value is -0.390. The zero-order valence-electron chi connectivity index (χ0n) is 10.7. The lowest BCUT2D eigenvalue weighted by Gasteiger charge is -2.21. The first kappa shape index (κ1) is 15.7. The van der Waals surface area contributed by atoms with Crippen LogP contribution < -0.4 is 0 Å². The van der Waals surface area contributed by atoms with E-state index in [2.05, 4.69) is 31.9 Å². The van der Waals surface area contributed by atoms with Crippen LogP contribution in [-0.4, -0.2) is 42.9 Å². The summed E-state index contributed by atoms with van der Waals surface area (Å²) in [6.45, 7) is 3.12. The summed E-state index contributed by atoms with van der Waals surface area (Å²) in [5, 5.41) is 0. The van der Waals surface area contributed by atoms with Gasteiger partial charge in [-0.05, 0) is 24.6 Å². The standard InChI is InChI=1S/C13H17Br2NO2/c1-9-11(5-4-6-12(9)15)13(17)16(2)7-10(14)8-18-3/h4-6,10H,7-8H2,1-3H3. The Kier molecular flexibility index (Phi) is 6.32. The summed E-state index contributed by atoms with van der Waals surface area (Å²) < 4.78 is 5.99. The van der Waals surface area contributed by atoms with Crippen molar-refractivity contribution in [3.63, 3.8) is 0 Å². The van der Waals surface area contributed by atoms with Crippen molar-refractivity contribution in [2.45, 2.75) is 11.8 Å². The van der Waals surface area contributed by atoms with Crippen molar-refractivity contribution in [1.82, 2.24) is 4.90 Å². The summed E-state index contributed by atoms with van der Waals surface area (Å²) in [5.41, 5.74) is 1.69. The van der Waals surface area contributed by atoms with E-state index in [1.165, 1.54) is 0 Å². The Balaban J connectivity index is 2.77. The molecule has 0 aliphatic carbocycles. The molecule has 100 valence electrons. The third kappa shape index (κ3) is 4.07. The minimum atomic E-state index is 0.0225. The van der Waals surface area contributed by atoms with Crippen LogP contribution in [0.15, 0.2) is 22.7 Å². The predicted octanol–water partition coefficient (Wildman–Crippen LogP) is 3.24. The average Bonchev–Trinajstić information content (AvgIpc) is 2.32. The Bertz CT molecular complexity index is 423. The Labute approximate surface area is 125 Å². The summed E-state index contributed by atoms with van der Waals surface area (Å²) in [6, 6.07) is 5.65. The molecule has 1 rings (SSSR count). The zero-order valence-corrected chi connectivity index (χ0v) is 13.9. The number of carbonyl (C=O) groups is 1.